The van der Waals surface area contributed by atoms with E-state index in [2.05, 4.69) is 35.3 Å². The first-order chi connectivity index (χ1) is 9.79. The first-order valence-corrected chi connectivity index (χ1v) is 7.54. The highest BCUT2D eigenvalue weighted by Gasteiger charge is 2.07. The van der Waals surface area contributed by atoms with E-state index in [1.807, 2.05) is 12.1 Å². The highest BCUT2D eigenvalue weighted by molar-refractivity contribution is 5.64. The van der Waals surface area contributed by atoms with Crippen LogP contribution in [0.1, 0.15) is 25.3 Å². The van der Waals surface area contributed by atoms with Gasteiger partial charge in [0.05, 0.1) is 7.11 Å². The van der Waals surface area contributed by atoms with Crippen LogP contribution in [0.5, 0.6) is 5.75 Å². The molecule has 0 atom stereocenters. The Bertz CT molecular complexity index is 434. The summed E-state index contributed by atoms with van der Waals surface area (Å²) in [7, 11) is 1.71. The molecular formula is C17H26N2O. The zero-order valence-corrected chi connectivity index (χ0v) is 12.7. The number of rotatable bonds is 5. The van der Waals surface area contributed by atoms with Gasteiger partial charge in [-0.3, -0.25) is 0 Å². The fourth-order valence-corrected chi connectivity index (χ4v) is 2.58. The third kappa shape index (κ3) is 4.66. The molecule has 3 nitrogen and oxygen atoms in total. The van der Waals surface area contributed by atoms with Crippen LogP contribution in [0.25, 0.3) is 5.57 Å². The van der Waals surface area contributed by atoms with Crippen LogP contribution in [-0.2, 0) is 0 Å². The summed E-state index contributed by atoms with van der Waals surface area (Å²) in [6.45, 7) is 8.01. The highest BCUT2D eigenvalue weighted by atomic mass is 16.5. The Morgan fingerprint density at radius 1 is 1.35 bits per heavy atom. The summed E-state index contributed by atoms with van der Waals surface area (Å²) in [5.41, 5.74) is 2.58. The molecule has 0 spiro atoms. The van der Waals surface area contributed by atoms with Crippen LogP contribution in [0.2, 0.25) is 0 Å². The van der Waals surface area contributed by atoms with Crippen LogP contribution < -0.4 is 10.1 Å². The number of ether oxygens (including phenoxy) is 1. The second-order valence-electron chi connectivity index (χ2n) is 5.35. The van der Waals surface area contributed by atoms with Gasteiger partial charge in [-0.2, -0.15) is 0 Å². The van der Waals surface area contributed by atoms with Crippen LogP contribution in [-0.4, -0.2) is 44.7 Å². The molecule has 20 heavy (non-hydrogen) atoms. The number of nitrogens with zero attached hydrogens (tertiary/aromatic N) is 1. The van der Waals surface area contributed by atoms with Gasteiger partial charge in [0.25, 0.3) is 0 Å². The quantitative estimate of drug-likeness (QED) is 0.893. The van der Waals surface area contributed by atoms with E-state index in [0.29, 0.717) is 0 Å². The molecule has 0 saturated carbocycles. The van der Waals surface area contributed by atoms with Crippen molar-refractivity contribution in [3.05, 3.63) is 35.9 Å². The molecule has 1 aromatic rings. The molecule has 1 aliphatic heterocycles. The largest absolute Gasteiger partial charge is 0.497 e. The minimum absolute atomic E-state index is 0.925. The van der Waals surface area contributed by atoms with Crippen molar-refractivity contribution in [3.63, 3.8) is 0 Å². The van der Waals surface area contributed by atoms with E-state index in [9.17, 15) is 0 Å². The summed E-state index contributed by atoms with van der Waals surface area (Å²) in [4.78, 5) is 2.55. The first kappa shape index (κ1) is 15.1. The summed E-state index contributed by atoms with van der Waals surface area (Å²) in [6.07, 6.45) is 4.72. The molecule has 1 aromatic carbocycles. The van der Waals surface area contributed by atoms with Crippen molar-refractivity contribution in [2.45, 2.75) is 19.8 Å². The van der Waals surface area contributed by atoms with E-state index in [0.717, 1.165) is 31.8 Å². The number of hydrogen-bond donors (Lipinski definition) is 1. The number of nitrogens with one attached hydrogen (secondary N) is 1. The highest BCUT2D eigenvalue weighted by Crippen LogP contribution is 2.20. The molecule has 1 N–H and O–H groups in total. The fourth-order valence-electron chi connectivity index (χ4n) is 2.58. The summed E-state index contributed by atoms with van der Waals surface area (Å²) in [6, 6.07) is 8.28. The molecule has 0 amide bonds. The zero-order valence-electron chi connectivity index (χ0n) is 12.7. The van der Waals surface area contributed by atoms with Gasteiger partial charge < -0.3 is 15.0 Å². The Balaban J connectivity index is 1.86. The second kappa shape index (κ2) is 8.08. The van der Waals surface area contributed by atoms with Gasteiger partial charge in [-0.05, 0) is 56.1 Å². The van der Waals surface area contributed by atoms with Crippen LogP contribution in [0.3, 0.4) is 0 Å². The Morgan fingerprint density at radius 3 is 3.10 bits per heavy atom. The third-order valence-corrected chi connectivity index (χ3v) is 3.85. The number of methoxy groups -OCH3 is 1. The predicted octanol–water partition coefficient (Wildman–Crippen LogP) is 2.78. The number of hydrogen-bond acceptors (Lipinski definition) is 3. The molecule has 1 fully saturated rings. The molecule has 3 heteroatoms. The van der Waals surface area contributed by atoms with Gasteiger partial charge >= 0.3 is 0 Å². The van der Waals surface area contributed by atoms with E-state index in [1.54, 1.807) is 7.11 Å². The van der Waals surface area contributed by atoms with Crippen molar-refractivity contribution >= 4 is 5.57 Å². The van der Waals surface area contributed by atoms with E-state index in [4.69, 9.17) is 4.74 Å². The van der Waals surface area contributed by atoms with Crippen molar-refractivity contribution in [2.75, 3.05) is 39.8 Å². The molecule has 1 heterocycles. The van der Waals surface area contributed by atoms with E-state index in [-0.39, 0.29) is 0 Å². The van der Waals surface area contributed by atoms with Gasteiger partial charge in [0.1, 0.15) is 5.75 Å². The third-order valence-electron chi connectivity index (χ3n) is 3.85. The summed E-state index contributed by atoms with van der Waals surface area (Å²) < 4.78 is 5.28. The van der Waals surface area contributed by atoms with E-state index in [1.165, 1.54) is 30.6 Å². The Hall–Kier alpha value is -1.32. The zero-order chi connectivity index (χ0) is 14.2. The molecule has 0 unspecified atom stereocenters. The maximum absolute atomic E-state index is 5.28. The van der Waals surface area contributed by atoms with Crippen molar-refractivity contribution in [3.8, 4) is 5.75 Å². The van der Waals surface area contributed by atoms with Crippen LogP contribution >= 0.6 is 0 Å². The second-order valence-corrected chi connectivity index (χ2v) is 5.35. The van der Waals surface area contributed by atoms with Gasteiger partial charge in [-0.25, -0.2) is 0 Å². The van der Waals surface area contributed by atoms with E-state index >= 15 is 0 Å². The maximum atomic E-state index is 5.28. The summed E-state index contributed by atoms with van der Waals surface area (Å²) in [5, 5.41) is 3.44. The Morgan fingerprint density at radius 2 is 2.25 bits per heavy atom. The lowest BCUT2D eigenvalue weighted by atomic mass is 10.1. The van der Waals surface area contributed by atoms with Gasteiger partial charge in [0.15, 0.2) is 0 Å². The molecule has 0 aromatic heterocycles. The van der Waals surface area contributed by atoms with Crippen molar-refractivity contribution in [1.82, 2.24) is 10.2 Å². The summed E-state index contributed by atoms with van der Waals surface area (Å²) >= 11 is 0. The molecule has 1 saturated heterocycles. The minimum atomic E-state index is 0.925. The molecular weight excluding hydrogens is 248 g/mol. The molecule has 2 rings (SSSR count). The van der Waals surface area contributed by atoms with Crippen molar-refractivity contribution in [2.24, 2.45) is 0 Å². The smallest absolute Gasteiger partial charge is 0.119 e. The van der Waals surface area contributed by atoms with Gasteiger partial charge in [-0.1, -0.05) is 18.2 Å². The SMILES string of the molecule is COc1cccc(/C(C)=C/CCN2CCCNCC2)c1. The lowest BCUT2D eigenvalue weighted by molar-refractivity contribution is 0.298. The lowest BCUT2D eigenvalue weighted by Crippen LogP contribution is -2.28. The predicted molar refractivity (Wildman–Crippen MR) is 85.2 cm³/mol. The number of allylic oxidation sites excluding steroid dienone is 1. The molecule has 0 aliphatic carbocycles. The molecule has 0 bridgehead atoms. The Kier molecular flexibility index (Phi) is 6.09. The van der Waals surface area contributed by atoms with Crippen LogP contribution in [0.4, 0.5) is 0 Å². The van der Waals surface area contributed by atoms with Crippen molar-refractivity contribution < 1.29 is 4.74 Å². The minimum Gasteiger partial charge on any atom is -0.497 e. The molecule has 110 valence electrons. The van der Waals surface area contributed by atoms with Crippen LogP contribution in [0.15, 0.2) is 30.3 Å². The molecule has 1 aliphatic rings. The summed E-state index contributed by atoms with van der Waals surface area (Å²) in [5.74, 6) is 0.925. The van der Waals surface area contributed by atoms with E-state index < -0.39 is 0 Å². The maximum Gasteiger partial charge on any atom is 0.119 e. The Labute approximate surface area is 122 Å². The number of benzene rings is 1. The first-order valence-electron chi connectivity index (χ1n) is 7.54. The van der Waals surface area contributed by atoms with Crippen molar-refractivity contribution in [1.29, 1.82) is 0 Å². The average molecular weight is 274 g/mol. The standard InChI is InChI=1S/C17H26N2O/c1-15(16-7-3-8-17(14-16)20-2)6-4-11-19-12-5-9-18-10-13-19/h3,6-8,14,18H,4-5,9-13H2,1-2H3/b15-6+. The van der Waals surface area contributed by atoms with Crippen LogP contribution in [0, 0.1) is 0 Å². The average Bonchev–Trinajstić information content (AvgIpc) is 2.76. The normalized spacial score (nSPS) is 17.8. The fraction of sp³-hybridized carbons (Fsp3) is 0.529. The van der Waals surface area contributed by atoms with Gasteiger partial charge in [-0.15, -0.1) is 0 Å². The van der Waals surface area contributed by atoms with Gasteiger partial charge in [0.2, 0.25) is 0 Å². The topological polar surface area (TPSA) is 24.5 Å². The monoisotopic (exact) mass is 274 g/mol. The van der Waals surface area contributed by atoms with Gasteiger partial charge in [0, 0.05) is 19.6 Å². The molecule has 0 radical (unpaired) electrons. The lowest BCUT2D eigenvalue weighted by Gasteiger charge is -2.18.